The second-order valence-corrected chi connectivity index (χ2v) is 11.2. The van der Waals surface area contributed by atoms with Crippen LogP contribution in [0.3, 0.4) is 0 Å². The van der Waals surface area contributed by atoms with Crippen molar-refractivity contribution in [3.63, 3.8) is 0 Å². The number of piperazine rings is 1. The van der Waals surface area contributed by atoms with Gasteiger partial charge < -0.3 is 9.84 Å². The van der Waals surface area contributed by atoms with Gasteiger partial charge in [0, 0.05) is 38.3 Å². The van der Waals surface area contributed by atoms with Crippen LogP contribution < -0.4 is 4.74 Å². The lowest BCUT2D eigenvalue weighted by atomic mass is 10.1. The van der Waals surface area contributed by atoms with Crippen LogP contribution in [0.4, 0.5) is 0 Å². The molecule has 1 aromatic carbocycles. The molecule has 0 atom stereocenters. The molecule has 6 nitrogen and oxygen atoms in total. The lowest BCUT2D eigenvalue weighted by Gasteiger charge is -2.33. The summed E-state index contributed by atoms with van der Waals surface area (Å²) in [7, 11) is -1.92. The number of hydrogen-bond donors (Lipinski definition) is 1. The predicted octanol–water partition coefficient (Wildman–Crippen LogP) is 3.46. The minimum absolute atomic E-state index is 0.133. The van der Waals surface area contributed by atoms with E-state index in [0.717, 1.165) is 14.9 Å². The lowest BCUT2D eigenvalue weighted by Crippen LogP contribution is -2.48. The topological polar surface area (TPSA) is 70.1 Å². The largest absolute Gasteiger partial charge is 0.504 e. The van der Waals surface area contributed by atoms with Gasteiger partial charge in [0.05, 0.1) is 10.9 Å². The number of phenolic OH excluding ortho intramolecular Hbond substituents is 1. The van der Waals surface area contributed by atoms with Crippen LogP contribution in [0.15, 0.2) is 44.9 Å². The normalized spacial score (nSPS) is 16.2. The van der Waals surface area contributed by atoms with Gasteiger partial charge in [0.15, 0.2) is 11.5 Å². The quantitative estimate of drug-likeness (QED) is 0.606. The summed E-state index contributed by atoms with van der Waals surface area (Å²) in [6.45, 7) is 6.32. The van der Waals surface area contributed by atoms with E-state index in [2.05, 4.69) is 27.4 Å². The fourth-order valence-corrected chi connectivity index (χ4v) is 6.81. The van der Waals surface area contributed by atoms with Crippen molar-refractivity contribution < 1.29 is 18.3 Å². The Bertz CT molecular complexity index is 951. The number of aromatic hydroxyl groups is 1. The Hall–Kier alpha value is -1.39. The van der Waals surface area contributed by atoms with Crippen molar-refractivity contribution in [1.82, 2.24) is 9.21 Å². The van der Waals surface area contributed by atoms with E-state index < -0.39 is 10.0 Å². The fourth-order valence-electron chi connectivity index (χ4n) is 3.22. The molecule has 1 aromatic heterocycles. The number of thiophene rings is 1. The summed E-state index contributed by atoms with van der Waals surface area (Å²) in [5.41, 5.74) is 1.79. The van der Waals surface area contributed by atoms with Crippen LogP contribution in [0.25, 0.3) is 0 Å². The van der Waals surface area contributed by atoms with Gasteiger partial charge in [-0.25, -0.2) is 8.42 Å². The third kappa shape index (κ3) is 4.60. The molecule has 1 N–H and O–H groups in total. The highest BCUT2D eigenvalue weighted by Gasteiger charge is 2.30. The maximum atomic E-state index is 12.8. The van der Waals surface area contributed by atoms with Gasteiger partial charge in [0.25, 0.3) is 10.0 Å². The predicted molar refractivity (Wildman–Crippen MR) is 115 cm³/mol. The van der Waals surface area contributed by atoms with Gasteiger partial charge in [-0.1, -0.05) is 12.1 Å². The molecule has 0 bridgehead atoms. The van der Waals surface area contributed by atoms with Crippen molar-refractivity contribution in [2.24, 2.45) is 0 Å². The Morgan fingerprint density at radius 3 is 2.57 bits per heavy atom. The summed E-state index contributed by atoms with van der Waals surface area (Å²) in [6.07, 6.45) is 2.49. The molecule has 0 aliphatic carbocycles. The van der Waals surface area contributed by atoms with Crippen LogP contribution in [0.1, 0.15) is 11.1 Å². The summed E-state index contributed by atoms with van der Waals surface area (Å²) in [5, 5.41) is 10.5. The number of halogens is 1. The molecule has 28 heavy (non-hydrogen) atoms. The second kappa shape index (κ2) is 8.96. The van der Waals surface area contributed by atoms with E-state index in [4.69, 9.17) is 4.74 Å². The first-order chi connectivity index (χ1) is 13.3. The van der Waals surface area contributed by atoms with Gasteiger partial charge >= 0.3 is 0 Å². The highest BCUT2D eigenvalue weighted by atomic mass is 79.9. The van der Waals surface area contributed by atoms with Crippen LogP contribution in [-0.2, 0) is 23.0 Å². The summed E-state index contributed by atoms with van der Waals surface area (Å²) >= 11 is 4.54. The molecule has 3 rings (SSSR count). The molecule has 1 aliphatic rings. The fraction of sp³-hybridized carbons (Fsp3) is 0.368. The SMILES string of the molecule is C=CCc1cc(CN2CCN(S(=O)(=O)c3ccc(Br)s3)CC2)c(O)c(OC)c1. The smallest absolute Gasteiger partial charge is 0.252 e. The first-order valence-electron chi connectivity index (χ1n) is 8.82. The van der Waals surface area contributed by atoms with Gasteiger partial charge in [0.1, 0.15) is 4.21 Å². The number of benzene rings is 1. The minimum atomic E-state index is -3.46. The number of phenols is 1. The van der Waals surface area contributed by atoms with Crippen LogP contribution in [0.5, 0.6) is 11.5 Å². The van der Waals surface area contributed by atoms with Gasteiger partial charge in [0.2, 0.25) is 0 Å². The van der Waals surface area contributed by atoms with Crippen molar-refractivity contribution in [3.05, 3.63) is 51.8 Å². The number of rotatable bonds is 7. The van der Waals surface area contributed by atoms with Crippen molar-refractivity contribution in [2.45, 2.75) is 17.2 Å². The van der Waals surface area contributed by atoms with Gasteiger partial charge in [-0.05, 0) is 46.1 Å². The summed E-state index contributed by atoms with van der Waals surface area (Å²) in [5.74, 6) is 0.577. The molecular weight excluding hydrogens is 464 g/mol. The molecule has 1 fully saturated rings. The van der Waals surface area contributed by atoms with Crippen molar-refractivity contribution in [1.29, 1.82) is 0 Å². The highest BCUT2D eigenvalue weighted by molar-refractivity contribution is 9.11. The Balaban J connectivity index is 1.69. The van der Waals surface area contributed by atoms with Gasteiger partial charge in [-0.15, -0.1) is 17.9 Å². The Morgan fingerprint density at radius 2 is 2.00 bits per heavy atom. The van der Waals surface area contributed by atoms with E-state index in [1.54, 1.807) is 12.1 Å². The maximum Gasteiger partial charge on any atom is 0.252 e. The molecule has 0 unspecified atom stereocenters. The lowest BCUT2D eigenvalue weighted by molar-refractivity contribution is 0.180. The Kier molecular flexibility index (Phi) is 6.82. The third-order valence-electron chi connectivity index (χ3n) is 4.68. The second-order valence-electron chi connectivity index (χ2n) is 6.54. The molecule has 1 aliphatic heterocycles. The average molecular weight is 487 g/mol. The van der Waals surface area contributed by atoms with Gasteiger partial charge in [-0.3, -0.25) is 4.90 Å². The van der Waals surface area contributed by atoms with E-state index in [1.807, 2.05) is 18.2 Å². The highest BCUT2D eigenvalue weighted by Crippen LogP contribution is 2.33. The Morgan fingerprint density at radius 1 is 1.29 bits per heavy atom. The Labute approximate surface area is 178 Å². The minimum Gasteiger partial charge on any atom is -0.504 e. The molecule has 1 saturated heterocycles. The molecule has 0 amide bonds. The number of methoxy groups -OCH3 is 1. The van der Waals surface area contributed by atoms with E-state index in [-0.39, 0.29) is 5.75 Å². The zero-order valence-corrected chi connectivity index (χ0v) is 18.8. The van der Waals surface area contributed by atoms with E-state index >= 15 is 0 Å². The van der Waals surface area contributed by atoms with Crippen LogP contribution in [-0.4, -0.2) is 56.0 Å². The number of ether oxygens (including phenoxy) is 1. The molecule has 2 heterocycles. The van der Waals surface area contributed by atoms with Crippen molar-refractivity contribution in [2.75, 3.05) is 33.3 Å². The van der Waals surface area contributed by atoms with Gasteiger partial charge in [-0.2, -0.15) is 4.31 Å². The number of hydrogen-bond acceptors (Lipinski definition) is 6. The zero-order valence-electron chi connectivity index (χ0n) is 15.6. The molecule has 0 spiro atoms. The van der Waals surface area contributed by atoms with Crippen molar-refractivity contribution in [3.8, 4) is 11.5 Å². The number of allylic oxidation sites excluding steroid dienone is 1. The molecule has 152 valence electrons. The van der Waals surface area contributed by atoms with Crippen LogP contribution in [0.2, 0.25) is 0 Å². The summed E-state index contributed by atoms with van der Waals surface area (Å²) in [6, 6.07) is 7.14. The van der Waals surface area contributed by atoms with E-state index in [1.165, 1.54) is 22.8 Å². The first kappa shape index (κ1) is 21.3. The molecule has 0 saturated carbocycles. The van der Waals surface area contributed by atoms with Crippen LogP contribution in [0, 0.1) is 0 Å². The third-order valence-corrected chi connectivity index (χ3v) is 8.67. The van der Waals surface area contributed by atoms with Crippen LogP contribution >= 0.6 is 27.3 Å². The zero-order chi connectivity index (χ0) is 20.3. The molecular formula is C19H23BrN2O4S2. The van der Waals surface area contributed by atoms with E-state index in [9.17, 15) is 13.5 Å². The van der Waals surface area contributed by atoms with Crippen molar-refractivity contribution >= 4 is 37.3 Å². The standard InChI is InChI=1S/C19H23BrN2O4S2/c1-3-4-14-11-15(19(23)16(12-14)26-2)13-21-7-9-22(10-8-21)28(24,25)18-6-5-17(20)27-18/h3,5-6,11-12,23H,1,4,7-10,13H2,2H3. The average Bonchev–Trinajstić information content (AvgIpc) is 3.12. The molecule has 9 heteroatoms. The monoisotopic (exact) mass is 486 g/mol. The molecule has 2 aromatic rings. The maximum absolute atomic E-state index is 12.8. The van der Waals surface area contributed by atoms with E-state index in [0.29, 0.717) is 49.1 Å². The number of nitrogens with zero attached hydrogens (tertiary/aromatic N) is 2. The number of sulfonamides is 1. The summed E-state index contributed by atoms with van der Waals surface area (Å²) < 4.78 is 33.5. The molecule has 0 radical (unpaired) electrons. The summed E-state index contributed by atoms with van der Waals surface area (Å²) in [4.78, 5) is 2.14. The first-order valence-corrected chi connectivity index (χ1v) is 11.9.